The van der Waals surface area contributed by atoms with Crippen LogP contribution in [0.15, 0.2) is 0 Å². The Balaban J connectivity index is 2.59. The Kier molecular flexibility index (Phi) is 2.49. The molecule has 0 aromatic rings. The molecule has 1 saturated heterocycles. The molecule has 0 saturated carbocycles. The van der Waals surface area contributed by atoms with Crippen molar-refractivity contribution >= 4 is 5.91 Å². The third-order valence-corrected chi connectivity index (χ3v) is 2.32. The molecule has 1 aliphatic rings. The summed E-state index contributed by atoms with van der Waals surface area (Å²) in [5.41, 5.74) is 0. The van der Waals surface area contributed by atoms with E-state index >= 15 is 0 Å². The van der Waals surface area contributed by atoms with Crippen molar-refractivity contribution in [3.8, 4) is 0 Å². The fraction of sp³-hybridized carbons (Fsp3) is 0.875. The number of hydrogen-bond donors (Lipinski definition) is 0. The Morgan fingerprint density at radius 3 is 2.73 bits per heavy atom. The van der Waals surface area contributed by atoms with Crippen molar-refractivity contribution in [2.75, 3.05) is 14.2 Å². The van der Waals surface area contributed by atoms with Crippen LogP contribution >= 0.6 is 0 Å². The third-order valence-electron chi connectivity index (χ3n) is 2.32. The molecule has 2 unspecified atom stereocenters. The van der Waals surface area contributed by atoms with Gasteiger partial charge in [0.05, 0.1) is 0 Å². The van der Waals surface area contributed by atoms with Crippen molar-refractivity contribution in [3.05, 3.63) is 0 Å². The third kappa shape index (κ3) is 1.53. The predicted octanol–water partition coefficient (Wildman–Crippen LogP) is 0.847. The molecule has 0 bridgehead atoms. The van der Waals surface area contributed by atoms with Gasteiger partial charge in [-0.15, -0.1) is 0 Å². The number of nitrogens with zero attached hydrogens (tertiary/aromatic N) is 1. The first-order valence-corrected chi connectivity index (χ1v) is 3.96. The number of rotatable bonds is 1. The largest absolute Gasteiger partial charge is 0.362 e. The van der Waals surface area contributed by atoms with E-state index in [9.17, 15) is 4.79 Å². The van der Waals surface area contributed by atoms with Crippen molar-refractivity contribution in [2.45, 2.75) is 26.0 Å². The summed E-state index contributed by atoms with van der Waals surface area (Å²) in [5, 5.41) is 0. The maximum atomic E-state index is 11.3. The minimum atomic E-state index is -0.00120. The van der Waals surface area contributed by atoms with Gasteiger partial charge in [-0.25, -0.2) is 0 Å². The monoisotopic (exact) mass is 157 g/mol. The Morgan fingerprint density at radius 2 is 2.18 bits per heavy atom. The van der Waals surface area contributed by atoms with Gasteiger partial charge in [-0.3, -0.25) is 4.79 Å². The van der Waals surface area contributed by atoms with Crippen LogP contribution in [0, 0.1) is 5.92 Å². The highest BCUT2D eigenvalue weighted by Gasteiger charge is 2.29. The van der Waals surface area contributed by atoms with Crippen LogP contribution in [0.4, 0.5) is 0 Å². The second-order valence-electron chi connectivity index (χ2n) is 3.12. The van der Waals surface area contributed by atoms with Gasteiger partial charge in [-0.1, -0.05) is 6.92 Å². The first kappa shape index (κ1) is 8.53. The zero-order valence-electron chi connectivity index (χ0n) is 7.33. The molecule has 0 spiro atoms. The van der Waals surface area contributed by atoms with Gasteiger partial charge in [0.15, 0.2) is 0 Å². The van der Waals surface area contributed by atoms with Crippen LogP contribution in [0.3, 0.4) is 0 Å². The van der Waals surface area contributed by atoms with Crippen molar-refractivity contribution in [3.63, 3.8) is 0 Å². The van der Waals surface area contributed by atoms with Crippen molar-refractivity contribution < 1.29 is 9.53 Å². The van der Waals surface area contributed by atoms with Crippen molar-refractivity contribution in [1.82, 2.24) is 4.90 Å². The lowest BCUT2D eigenvalue weighted by molar-refractivity contribution is -0.152. The normalized spacial score (nSPS) is 32.6. The average molecular weight is 157 g/mol. The summed E-state index contributed by atoms with van der Waals surface area (Å²) >= 11 is 0. The Hall–Kier alpha value is -0.570. The molecule has 1 aliphatic heterocycles. The molecule has 1 rings (SSSR count). The summed E-state index contributed by atoms with van der Waals surface area (Å²) in [4.78, 5) is 13.0. The molecule has 3 nitrogen and oxygen atoms in total. The van der Waals surface area contributed by atoms with Gasteiger partial charge in [0.25, 0.3) is 0 Å². The molecule has 1 heterocycles. The number of carbonyl (C=O) groups excluding carboxylic acids is 1. The van der Waals surface area contributed by atoms with Gasteiger partial charge >= 0.3 is 0 Å². The van der Waals surface area contributed by atoms with Crippen molar-refractivity contribution in [2.24, 2.45) is 5.92 Å². The number of likely N-dealkylation sites (tertiary alicyclic amines) is 1. The Labute approximate surface area is 67.3 Å². The summed E-state index contributed by atoms with van der Waals surface area (Å²) < 4.78 is 5.13. The van der Waals surface area contributed by atoms with Gasteiger partial charge in [0, 0.05) is 20.1 Å². The molecule has 0 N–H and O–H groups in total. The van der Waals surface area contributed by atoms with E-state index in [2.05, 4.69) is 0 Å². The number of ether oxygens (including phenoxy) is 1. The molecule has 2 atom stereocenters. The number of piperidine rings is 1. The zero-order chi connectivity index (χ0) is 8.43. The summed E-state index contributed by atoms with van der Waals surface area (Å²) in [6.07, 6.45) is 1.90. The van der Waals surface area contributed by atoms with Crippen LogP contribution in [0.1, 0.15) is 19.8 Å². The van der Waals surface area contributed by atoms with Gasteiger partial charge in [-0.05, 0) is 12.8 Å². The highest BCUT2D eigenvalue weighted by atomic mass is 16.5. The van der Waals surface area contributed by atoms with E-state index in [1.165, 1.54) is 0 Å². The smallest absolute Gasteiger partial charge is 0.227 e. The fourth-order valence-electron chi connectivity index (χ4n) is 1.48. The number of amides is 1. The minimum Gasteiger partial charge on any atom is -0.362 e. The summed E-state index contributed by atoms with van der Waals surface area (Å²) in [5.74, 6) is 0.370. The van der Waals surface area contributed by atoms with Crippen LogP contribution in [-0.2, 0) is 9.53 Å². The van der Waals surface area contributed by atoms with E-state index < -0.39 is 0 Å². The summed E-state index contributed by atoms with van der Waals surface area (Å²) in [6.45, 7) is 1.96. The second kappa shape index (κ2) is 3.22. The molecule has 1 fully saturated rings. The number of carbonyl (C=O) groups is 1. The van der Waals surface area contributed by atoms with E-state index in [1.54, 1.807) is 19.1 Å². The van der Waals surface area contributed by atoms with Crippen molar-refractivity contribution in [1.29, 1.82) is 0 Å². The molecule has 0 aromatic heterocycles. The average Bonchev–Trinajstić information content (AvgIpc) is 2.01. The van der Waals surface area contributed by atoms with Gasteiger partial charge in [0.1, 0.15) is 6.23 Å². The topological polar surface area (TPSA) is 29.5 Å². The van der Waals surface area contributed by atoms with E-state index in [-0.39, 0.29) is 18.1 Å². The molecule has 64 valence electrons. The molecule has 1 amide bonds. The van der Waals surface area contributed by atoms with E-state index in [0.29, 0.717) is 0 Å². The first-order chi connectivity index (χ1) is 5.16. The lowest BCUT2D eigenvalue weighted by Crippen LogP contribution is -2.45. The predicted molar refractivity (Wildman–Crippen MR) is 42.0 cm³/mol. The van der Waals surface area contributed by atoms with E-state index in [1.807, 2.05) is 6.92 Å². The quantitative estimate of drug-likeness (QED) is 0.564. The molecule has 3 heteroatoms. The molecular weight excluding hydrogens is 142 g/mol. The van der Waals surface area contributed by atoms with Crippen LogP contribution in [0.25, 0.3) is 0 Å². The summed E-state index contributed by atoms with van der Waals surface area (Å²) in [7, 11) is 3.44. The number of hydrogen-bond acceptors (Lipinski definition) is 2. The fourth-order valence-corrected chi connectivity index (χ4v) is 1.48. The second-order valence-corrected chi connectivity index (χ2v) is 3.12. The Morgan fingerprint density at radius 1 is 1.55 bits per heavy atom. The van der Waals surface area contributed by atoms with Gasteiger partial charge in [0.2, 0.25) is 5.91 Å². The lowest BCUT2D eigenvalue weighted by Gasteiger charge is -2.34. The maximum absolute atomic E-state index is 11.3. The first-order valence-electron chi connectivity index (χ1n) is 3.96. The maximum Gasteiger partial charge on any atom is 0.227 e. The molecule has 0 aliphatic carbocycles. The van der Waals surface area contributed by atoms with Gasteiger partial charge < -0.3 is 9.64 Å². The molecule has 0 aromatic carbocycles. The van der Waals surface area contributed by atoms with E-state index in [0.717, 1.165) is 12.8 Å². The zero-order valence-corrected chi connectivity index (χ0v) is 7.33. The van der Waals surface area contributed by atoms with Crippen LogP contribution in [0.5, 0.6) is 0 Å². The highest BCUT2D eigenvalue weighted by Crippen LogP contribution is 2.21. The van der Waals surface area contributed by atoms with Crippen LogP contribution in [-0.4, -0.2) is 31.2 Å². The number of methoxy groups -OCH3 is 1. The highest BCUT2D eigenvalue weighted by molar-refractivity contribution is 5.79. The molecule has 11 heavy (non-hydrogen) atoms. The van der Waals surface area contributed by atoms with Crippen LogP contribution in [0.2, 0.25) is 0 Å². The van der Waals surface area contributed by atoms with Gasteiger partial charge in [-0.2, -0.15) is 0 Å². The SMILES string of the molecule is COC1CCC(C)C(=O)N1C. The standard InChI is InChI=1S/C8H15NO2/c1-6-4-5-7(11-3)9(2)8(6)10/h6-7H,4-5H2,1-3H3. The minimum absolute atomic E-state index is 0.00120. The van der Waals surface area contributed by atoms with E-state index in [4.69, 9.17) is 4.74 Å². The lowest BCUT2D eigenvalue weighted by atomic mass is 9.98. The molecular formula is C8H15NO2. The van der Waals surface area contributed by atoms with Crippen LogP contribution < -0.4 is 0 Å². The molecule has 0 radical (unpaired) electrons. The Bertz CT molecular complexity index is 158. The summed E-state index contributed by atoms with van der Waals surface area (Å²) in [6, 6.07) is 0.